The van der Waals surface area contributed by atoms with Gasteiger partial charge in [-0.1, -0.05) is 6.07 Å². The largest absolute Gasteiger partial charge is 0.434 e. The summed E-state index contributed by atoms with van der Waals surface area (Å²) in [6.45, 7) is 0.880. The molecule has 1 fully saturated rings. The third-order valence-corrected chi connectivity index (χ3v) is 4.38. The van der Waals surface area contributed by atoms with Gasteiger partial charge in [0, 0.05) is 30.8 Å². The number of hydrogen-bond acceptors (Lipinski definition) is 4. The fourth-order valence-corrected chi connectivity index (χ4v) is 3.27. The van der Waals surface area contributed by atoms with Gasteiger partial charge >= 0.3 is 6.18 Å². The molecule has 5 nitrogen and oxygen atoms in total. The van der Waals surface area contributed by atoms with Crippen molar-refractivity contribution in [3.05, 3.63) is 41.9 Å². The molecule has 122 valence electrons. The predicted octanol–water partition coefficient (Wildman–Crippen LogP) is 2.48. The van der Waals surface area contributed by atoms with Gasteiger partial charge in [0.1, 0.15) is 0 Å². The smallest absolute Gasteiger partial charge is 0.337 e. The van der Waals surface area contributed by atoms with Crippen LogP contribution in [-0.4, -0.2) is 50.2 Å². The molecule has 1 aliphatic rings. The van der Waals surface area contributed by atoms with Crippen molar-refractivity contribution in [1.29, 1.82) is 0 Å². The molecule has 0 aliphatic carbocycles. The average molecular weight is 342 g/mol. The first-order chi connectivity index (χ1) is 11.0. The summed E-state index contributed by atoms with van der Waals surface area (Å²) < 4.78 is 41.1. The van der Waals surface area contributed by atoms with Crippen LogP contribution < -0.4 is 0 Å². The molecule has 3 rings (SSSR count). The highest BCUT2D eigenvalue weighted by atomic mass is 32.2. The van der Waals surface area contributed by atoms with E-state index >= 15 is 0 Å². The summed E-state index contributed by atoms with van der Waals surface area (Å²) in [6.07, 6.45) is -2.36. The highest BCUT2D eigenvalue weighted by molar-refractivity contribution is 7.99. The highest BCUT2D eigenvalue weighted by Gasteiger charge is 2.41. The van der Waals surface area contributed by atoms with Gasteiger partial charge in [-0.2, -0.15) is 30.0 Å². The molecule has 0 saturated carbocycles. The third-order valence-electron chi connectivity index (χ3n) is 3.43. The lowest BCUT2D eigenvalue weighted by Gasteiger charge is -2.26. The van der Waals surface area contributed by atoms with Crippen LogP contribution in [0.2, 0.25) is 0 Å². The first-order valence-electron chi connectivity index (χ1n) is 6.92. The summed E-state index contributed by atoms with van der Waals surface area (Å²) in [5.74, 6) is 0.830. The van der Waals surface area contributed by atoms with Crippen LogP contribution in [0.15, 0.2) is 30.6 Å². The van der Waals surface area contributed by atoms with Crippen LogP contribution in [0.4, 0.5) is 13.2 Å². The predicted molar refractivity (Wildman–Crippen MR) is 79.6 cm³/mol. The van der Waals surface area contributed by atoms with Gasteiger partial charge in [-0.15, -0.1) is 0 Å². The van der Waals surface area contributed by atoms with Gasteiger partial charge in [-0.05, 0) is 12.1 Å². The minimum absolute atomic E-state index is 0.0214. The number of amides is 1. The van der Waals surface area contributed by atoms with Crippen LogP contribution in [0.3, 0.4) is 0 Å². The van der Waals surface area contributed by atoms with Crippen LogP contribution in [-0.2, 0) is 6.18 Å². The minimum Gasteiger partial charge on any atom is -0.337 e. The quantitative estimate of drug-likeness (QED) is 0.841. The summed E-state index contributed by atoms with van der Waals surface area (Å²) >= 11 is 1.68. The summed E-state index contributed by atoms with van der Waals surface area (Å²) in [4.78, 5) is 17.8. The molecule has 0 bridgehead atoms. The topological polar surface area (TPSA) is 51.0 Å². The highest BCUT2D eigenvalue weighted by Crippen LogP contribution is 2.34. The second-order valence-electron chi connectivity index (χ2n) is 4.91. The Labute approximate surface area is 134 Å². The molecule has 0 unspecified atom stereocenters. The summed E-state index contributed by atoms with van der Waals surface area (Å²) in [7, 11) is 0. The van der Waals surface area contributed by atoms with E-state index in [0.717, 1.165) is 17.7 Å². The number of hydrogen-bond donors (Lipinski definition) is 0. The fraction of sp³-hybridized carbons (Fsp3) is 0.357. The molecule has 3 heterocycles. The average Bonchev–Trinajstić information content (AvgIpc) is 3.01. The Morgan fingerprint density at radius 2 is 1.96 bits per heavy atom. The molecule has 9 heteroatoms. The molecule has 1 amide bonds. The molecule has 0 atom stereocenters. The lowest BCUT2D eigenvalue weighted by Crippen LogP contribution is -2.38. The van der Waals surface area contributed by atoms with Gasteiger partial charge in [-0.3, -0.25) is 4.79 Å². The number of halogens is 3. The van der Waals surface area contributed by atoms with Crippen molar-refractivity contribution < 1.29 is 18.0 Å². The van der Waals surface area contributed by atoms with Gasteiger partial charge in [-0.25, -0.2) is 9.67 Å². The zero-order valence-corrected chi connectivity index (χ0v) is 12.8. The number of nitrogens with zero attached hydrogens (tertiary/aromatic N) is 4. The van der Waals surface area contributed by atoms with Crippen LogP contribution in [0.1, 0.15) is 16.1 Å². The van der Waals surface area contributed by atoms with E-state index < -0.39 is 23.3 Å². The number of carbonyl (C=O) groups is 1. The van der Waals surface area contributed by atoms with E-state index in [-0.39, 0.29) is 5.82 Å². The number of thioether (sulfide) groups is 1. The van der Waals surface area contributed by atoms with Crippen LogP contribution in [0.25, 0.3) is 5.82 Å². The van der Waals surface area contributed by atoms with Gasteiger partial charge in [0.15, 0.2) is 11.5 Å². The lowest BCUT2D eigenvalue weighted by atomic mass is 10.2. The molecular formula is C14H13F3N4OS. The van der Waals surface area contributed by atoms with E-state index in [1.165, 1.54) is 17.2 Å². The second-order valence-corrected chi connectivity index (χ2v) is 6.13. The fourth-order valence-electron chi connectivity index (χ4n) is 2.37. The molecule has 0 spiro atoms. The van der Waals surface area contributed by atoms with Gasteiger partial charge in [0.25, 0.3) is 5.91 Å². The molecule has 23 heavy (non-hydrogen) atoms. The first kappa shape index (κ1) is 15.9. The SMILES string of the molecule is O=C(c1cnn(-c2ccccn2)c1C(F)(F)F)N1CCSCC1. The Bertz CT molecular complexity index is 696. The number of aromatic nitrogens is 3. The van der Waals surface area contributed by atoms with Crippen molar-refractivity contribution in [2.45, 2.75) is 6.18 Å². The number of alkyl halides is 3. The van der Waals surface area contributed by atoms with E-state index in [1.807, 2.05) is 0 Å². The number of rotatable bonds is 2. The summed E-state index contributed by atoms with van der Waals surface area (Å²) in [5.41, 5.74) is -1.52. The Morgan fingerprint density at radius 3 is 2.57 bits per heavy atom. The molecule has 0 N–H and O–H groups in total. The molecule has 2 aromatic rings. The van der Waals surface area contributed by atoms with E-state index in [2.05, 4.69) is 10.1 Å². The zero-order chi connectivity index (χ0) is 16.4. The molecule has 1 saturated heterocycles. The first-order valence-corrected chi connectivity index (χ1v) is 8.07. The van der Waals surface area contributed by atoms with Crippen LogP contribution in [0.5, 0.6) is 0 Å². The Hall–Kier alpha value is -2.03. The van der Waals surface area contributed by atoms with E-state index in [9.17, 15) is 18.0 Å². The minimum atomic E-state index is -4.70. The normalized spacial score (nSPS) is 15.7. The molecule has 2 aromatic heterocycles. The molecule has 0 radical (unpaired) electrons. The van der Waals surface area contributed by atoms with E-state index in [1.54, 1.807) is 23.9 Å². The van der Waals surface area contributed by atoms with Crippen molar-refractivity contribution in [1.82, 2.24) is 19.7 Å². The van der Waals surface area contributed by atoms with E-state index in [4.69, 9.17) is 0 Å². The molecule has 1 aliphatic heterocycles. The van der Waals surface area contributed by atoms with Crippen molar-refractivity contribution in [3.8, 4) is 5.82 Å². The maximum Gasteiger partial charge on any atom is 0.434 e. The monoisotopic (exact) mass is 342 g/mol. The van der Waals surface area contributed by atoms with Gasteiger partial charge in [0.05, 0.1) is 11.8 Å². The maximum absolute atomic E-state index is 13.5. The van der Waals surface area contributed by atoms with Crippen molar-refractivity contribution in [2.75, 3.05) is 24.6 Å². The third kappa shape index (κ3) is 3.19. The van der Waals surface area contributed by atoms with Gasteiger partial charge < -0.3 is 4.90 Å². The van der Waals surface area contributed by atoms with E-state index in [0.29, 0.717) is 17.8 Å². The van der Waals surface area contributed by atoms with Crippen molar-refractivity contribution >= 4 is 17.7 Å². The Morgan fingerprint density at radius 1 is 1.22 bits per heavy atom. The standard InChI is InChI=1S/C14H13F3N4OS/c15-14(16,17)12-10(13(22)20-5-7-23-8-6-20)9-19-21(12)11-3-1-2-4-18-11/h1-4,9H,5-8H2. The second kappa shape index (κ2) is 6.23. The van der Waals surface area contributed by atoms with Crippen LogP contribution in [0, 0.1) is 0 Å². The number of pyridine rings is 1. The summed E-state index contributed by atoms with van der Waals surface area (Å²) in [6, 6.07) is 4.57. The lowest BCUT2D eigenvalue weighted by molar-refractivity contribution is -0.143. The molecular weight excluding hydrogens is 329 g/mol. The Kier molecular flexibility index (Phi) is 4.29. The summed E-state index contributed by atoms with van der Waals surface area (Å²) in [5, 5.41) is 3.75. The van der Waals surface area contributed by atoms with Crippen molar-refractivity contribution in [3.63, 3.8) is 0 Å². The Balaban J connectivity index is 2.04. The van der Waals surface area contributed by atoms with Crippen molar-refractivity contribution in [2.24, 2.45) is 0 Å². The van der Waals surface area contributed by atoms with Crippen LogP contribution >= 0.6 is 11.8 Å². The zero-order valence-electron chi connectivity index (χ0n) is 12.0. The van der Waals surface area contributed by atoms with Gasteiger partial charge in [0.2, 0.25) is 0 Å². The number of carbonyl (C=O) groups excluding carboxylic acids is 1. The molecule has 0 aromatic carbocycles. The maximum atomic E-state index is 13.5.